The fraction of sp³-hybridized carbons (Fsp3) is 0. The van der Waals surface area contributed by atoms with Crippen LogP contribution in [0.25, 0.3) is 66.0 Å². The van der Waals surface area contributed by atoms with Crippen LogP contribution in [0.1, 0.15) is 0 Å². The van der Waals surface area contributed by atoms with Gasteiger partial charge in [-0.2, -0.15) is 0 Å². The highest BCUT2D eigenvalue weighted by molar-refractivity contribution is 6.11. The maximum absolute atomic E-state index is 2.46. The van der Waals surface area contributed by atoms with E-state index >= 15 is 0 Å². The van der Waals surface area contributed by atoms with Crippen LogP contribution in [0.4, 0.5) is 17.2 Å². The summed E-state index contributed by atoms with van der Waals surface area (Å²) in [4.78, 5) is 2.46. The molecular weight excluding hydrogens is 546 g/mol. The number of hydrogen-bond acceptors (Lipinski definition) is 1. The molecule has 0 fully saturated rings. The highest BCUT2D eigenvalue weighted by atomic mass is 15.3. The molecular formula is C42H27N3. The van der Waals surface area contributed by atoms with Crippen molar-refractivity contribution in [3.8, 4) is 22.5 Å². The van der Waals surface area contributed by atoms with Gasteiger partial charge in [-0.05, 0) is 65.4 Å². The summed E-state index contributed by atoms with van der Waals surface area (Å²) in [6, 6.07) is 59.7. The molecule has 0 saturated carbocycles. The summed E-state index contributed by atoms with van der Waals surface area (Å²) in [6.45, 7) is 0. The molecule has 3 heteroatoms. The fourth-order valence-electron chi connectivity index (χ4n) is 7.53. The first-order chi connectivity index (χ1) is 22.3. The van der Waals surface area contributed by atoms with Crippen LogP contribution < -0.4 is 4.90 Å². The molecule has 2 aromatic heterocycles. The largest absolute Gasteiger partial charge is 0.309 e. The van der Waals surface area contributed by atoms with E-state index in [9.17, 15) is 0 Å². The summed E-state index contributed by atoms with van der Waals surface area (Å²) in [6.07, 6.45) is 0. The molecule has 0 unspecified atom stereocenters. The zero-order chi connectivity index (χ0) is 29.5. The van der Waals surface area contributed by atoms with E-state index in [-0.39, 0.29) is 0 Å². The number of anilines is 3. The van der Waals surface area contributed by atoms with Crippen molar-refractivity contribution >= 4 is 60.7 Å². The lowest BCUT2D eigenvalue weighted by Gasteiger charge is -2.27. The van der Waals surface area contributed by atoms with Crippen LogP contribution in [0.15, 0.2) is 164 Å². The molecule has 0 bridgehead atoms. The first-order valence-corrected chi connectivity index (χ1v) is 15.5. The molecule has 45 heavy (non-hydrogen) atoms. The van der Waals surface area contributed by atoms with Crippen LogP contribution in [-0.4, -0.2) is 9.13 Å². The average molecular weight is 574 g/mol. The second-order valence-electron chi connectivity index (χ2n) is 11.8. The minimum absolute atomic E-state index is 1.11. The van der Waals surface area contributed by atoms with E-state index in [1.54, 1.807) is 0 Å². The normalized spacial score (nSPS) is 12.4. The summed E-state index contributed by atoms with van der Waals surface area (Å²) < 4.78 is 4.84. The van der Waals surface area contributed by atoms with Crippen molar-refractivity contribution in [2.24, 2.45) is 0 Å². The zero-order valence-electron chi connectivity index (χ0n) is 24.4. The minimum atomic E-state index is 1.11. The van der Waals surface area contributed by atoms with Crippen molar-refractivity contribution in [3.63, 3.8) is 0 Å². The highest BCUT2D eigenvalue weighted by Gasteiger charge is 2.29. The van der Waals surface area contributed by atoms with Crippen LogP contribution in [0, 0.1) is 0 Å². The first kappa shape index (κ1) is 24.4. The number of rotatable bonds is 2. The Bertz CT molecular complexity index is 2570. The third kappa shape index (κ3) is 3.41. The molecule has 0 saturated heterocycles. The Morgan fingerprint density at radius 1 is 0.356 bits per heavy atom. The predicted molar refractivity (Wildman–Crippen MR) is 189 cm³/mol. The second kappa shape index (κ2) is 9.22. The van der Waals surface area contributed by atoms with Gasteiger partial charge >= 0.3 is 0 Å². The standard InChI is InChI=1S/C42H27N3/c1-3-16-32-28(12-1)24-25-40-42(32)35-19-6-10-23-39(35)45-36-20-7-2-13-29(36)26-41(45)44(40)31-15-11-14-30(27-31)43-37-21-8-4-17-33(37)34-18-5-9-22-38(34)43/h1-27H. The lowest BCUT2D eigenvalue weighted by molar-refractivity contribution is 1.09. The summed E-state index contributed by atoms with van der Waals surface area (Å²) in [5, 5.41) is 6.24. The number of para-hydroxylation sites is 4. The third-order valence-corrected chi connectivity index (χ3v) is 9.41. The molecule has 1 aliphatic heterocycles. The van der Waals surface area contributed by atoms with Crippen molar-refractivity contribution in [3.05, 3.63) is 164 Å². The molecule has 0 atom stereocenters. The average Bonchev–Trinajstić information content (AvgIpc) is 3.61. The summed E-state index contributed by atoms with van der Waals surface area (Å²) >= 11 is 0. The van der Waals surface area contributed by atoms with Gasteiger partial charge in [-0.15, -0.1) is 0 Å². The van der Waals surface area contributed by atoms with E-state index in [1.807, 2.05) is 0 Å². The van der Waals surface area contributed by atoms with Gasteiger partial charge in [0.1, 0.15) is 5.82 Å². The Morgan fingerprint density at radius 3 is 1.78 bits per heavy atom. The van der Waals surface area contributed by atoms with Crippen molar-refractivity contribution in [1.29, 1.82) is 0 Å². The van der Waals surface area contributed by atoms with Gasteiger partial charge < -0.3 is 4.57 Å². The van der Waals surface area contributed by atoms with Crippen molar-refractivity contribution in [2.45, 2.75) is 0 Å². The van der Waals surface area contributed by atoms with Gasteiger partial charge in [0.05, 0.1) is 27.9 Å². The number of aromatic nitrogens is 2. The molecule has 0 amide bonds. The maximum Gasteiger partial charge on any atom is 0.123 e. The Labute approximate surface area is 260 Å². The molecule has 7 aromatic carbocycles. The van der Waals surface area contributed by atoms with E-state index in [1.165, 1.54) is 66.0 Å². The number of nitrogens with zero attached hydrogens (tertiary/aromatic N) is 3. The predicted octanol–water partition coefficient (Wildman–Crippen LogP) is 11.3. The molecule has 210 valence electrons. The molecule has 10 rings (SSSR count). The number of benzene rings is 7. The first-order valence-electron chi connectivity index (χ1n) is 15.5. The quantitative estimate of drug-likeness (QED) is 0.200. The Morgan fingerprint density at radius 2 is 0.978 bits per heavy atom. The molecule has 0 radical (unpaired) electrons. The fourth-order valence-corrected chi connectivity index (χ4v) is 7.53. The molecule has 3 heterocycles. The van der Waals surface area contributed by atoms with Crippen molar-refractivity contribution in [2.75, 3.05) is 4.90 Å². The van der Waals surface area contributed by atoms with Crippen molar-refractivity contribution < 1.29 is 0 Å². The van der Waals surface area contributed by atoms with Crippen LogP contribution >= 0.6 is 0 Å². The Kier molecular flexibility index (Phi) is 5.00. The number of fused-ring (bicyclic) bond motifs is 12. The topological polar surface area (TPSA) is 13.1 Å². The zero-order valence-corrected chi connectivity index (χ0v) is 24.4. The second-order valence-corrected chi connectivity index (χ2v) is 11.8. The third-order valence-electron chi connectivity index (χ3n) is 9.41. The Balaban J connectivity index is 1.32. The van der Waals surface area contributed by atoms with Gasteiger partial charge in [0.25, 0.3) is 0 Å². The van der Waals surface area contributed by atoms with Crippen LogP contribution in [0.5, 0.6) is 0 Å². The van der Waals surface area contributed by atoms with E-state index in [2.05, 4.69) is 178 Å². The van der Waals surface area contributed by atoms with Crippen LogP contribution in [0.2, 0.25) is 0 Å². The summed E-state index contributed by atoms with van der Waals surface area (Å²) in [5.41, 5.74) is 10.7. The van der Waals surface area contributed by atoms with E-state index in [4.69, 9.17) is 0 Å². The minimum Gasteiger partial charge on any atom is -0.309 e. The summed E-state index contributed by atoms with van der Waals surface area (Å²) in [7, 11) is 0. The van der Waals surface area contributed by atoms with E-state index in [0.717, 1.165) is 17.2 Å². The molecule has 1 aliphatic rings. The van der Waals surface area contributed by atoms with E-state index in [0.29, 0.717) is 0 Å². The van der Waals surface area contributed by atoms with Crippen molar-refractivity contribution in [1.82, 2.24) is 9.13 Å². The van der Waals surface area contributed by atoms with Gasteiger partial charge in [0, 0.05) is 38.7 Å². The van der Waals surface area contributed by atoms with Gasteiger partial charge in [-0.1, -0.05) is 109 Å². The van der Waals surface area contributed by atoms with Gasteiger partial charge in [0.15, 0.2) is 0 Å². The summed E-state index contributed by atoms with van der Waals surface area (Å²) in [5.74, 6) is 1.12. The lowest BCUT2D eigenvalue weighted by atomic mass is 9.94. The van der Waals surface area contributed by atoms with Gasteiger partial charge in [-0.25, -0.2) is 0 Å². The Hall–Kier alpha value is -6.06. The highest BCUT2D eigenvalue weighted by Crippen LogP contribution is 2.51. The SMILES string of the molecule is c1cc(N2c3ccc4ccccc4c3-c3ccccc3-n3c2cc2ccccc23)cc(-n2c3ccccc3c3ccccc32)c1. The maximum atomic E-state index is 2.46. The van der Waals surface area contributed by atoms with Gasteiger partial charge in [0.2, 0.25) is 0 Å². The molecule has 0 spiro atoms. The van der Waals surface area contributed by atoms with Gasteiger partial charge in [-0.3, -0.25) is 9.47 Å². The smallest absolute Gasteiger partial charge is 0.123 e. The lowest BCUT2D eigenvalue weighted by Crippen LogP contribution is -2.13. The molecule has 9 aromatic rings. The monoisotopic (exact) mass is 573 g/mol. The molecule has 0 N–H and O–H groups in total. The van der Waals surface area contributed by atoms with E-state index < -0.39 is 0 Å². The molecule has 3 nitrogen and oxygen atoms in total. The number of hydrogen-bond donors (Lipinski definition) is 0. The molecule has 0 aliphatic carbocycles. The van der Waals surface area contributed by atoms with Crippen LogP contribution in [-0.2, 0) is 0 Å². The van der Waals surface area contributed by atoms with Crippen LogP contribution in [0.3, 0.4) is 0 Å².